The lowest BCUT2D eigenvalue weighted by molar-refractivity contribution is 0.254. The Bertz CT molecular complexity index is 1050. The van der Waals surface area contributed by atoms with Gasteiger partial charge in [0.15, 0.2) is 17.3 Å². The van der Waals surface area contributed by atoms with Gasteiger partial charge in [-0.3, -0.25) is 0 Å². The van der Waals surface area contributed by atoms with Crippen molar-refractivity contribution in [3.8, 4) is 17.2 Å². The summed E-state index contributed by atoms with van der Waals surface area (Å²) in [6, 6.07) is 9.15. The topological polar surface area (TPSA) is 121 Å². The van der Waals surface area contributed by atoms with Gasteiger partial charge in [-0.05, 0) is 42.0 Å². The van der Waals surface area contributed by atoms with E-state index in [4.69, 9.17) is 9.47 Å². The number of fused-ring (bicyclic) bond motifs is 1. The maximum absolute atomic E-state index is 12.4. The molecule has 1 heterocycles. The number of phenols is 1. The largest absolute Gasteiger partial charge is 0.504 e. The van der Waals surface area contributed by atoms with Gasteiger partial charge < -0.3 is 19.7 Å². The van der Waals surface area contributed by atoms with Crippen LogP contribution in [0.1, 0.15) is 11.1 Å². The minimum atomic E-state index is -3.86. The van der Waals surface area contributed by atoms with Crippen molar-refractivity contribution in [3.05, 3.63) is 47.5 Å². The Morgan fingerprint density at radius 2 is 1.96 bits per heavy atom. The van der Waals surface area contributed by atoms with Gasteiger partial charge in [0.25, 0.3) is 10.0 Å². The molecule has 0 aromatic heterocycles. The highest BCUT2D eigenvalue weighted by Crippen LogP contribution is 2.31. The number of aliphatic hydroxyl groups is 1. The number of benzene rings is 2. The van der Waals surface area contributed by atoms with Crippen molar-refractivity contribution in [1.82, 2.24) is 5.01 Å². The highest BCUT2D eigenvalue weighted by Gasteiger charge is 2.32. The third-order valence-corrected chi connectivity index (χ3v) is 5.34. The number of hydrogen-bond donors (Lipinski definition) is 2. The van der Waals surface area contributed by atoms with E-state index in [9.17, 15) is 18.6 Å². The number of methoxy groups -OCH3 is 2. The van der Waals surface area contributed by atoms with Crippen LogP contribution in [0.25, 0.3) is 0 Å². The van der Waals surface area contributed by atoms with E-state index in [1.165, 1.54) is 43.6 Å². The second-order valence-corrected chi connectivity index (χ2v) is 7.35. The smallest absolute Gasteiger partial charge is 0.285 e. The summed E-state index contributed by atoms with van der Waals surface area (Å²) in [5.41, 5.74) is 0.943. The lowest BCUT2D eigenvalue weighted by Gasteiger charge is -2.18. The number of nitrogens with zero attached hydrogens (tertiary/aromatic N) is 3. The number of sulfonamides is 1. The Morgan fingerprint density at radius 1 is 1.18 bits per heavy atom. The van der Waals surface area contributed by atoms with E-state index < -0.39 is 10.0 Å². The molecule has 2 N–H and O–H groups in total. The molecule has 1 aliphatic rings. The molecule has 0 radical (unpaired) electrons. The number of ether oxygens (including phenoxy) is 2. The zero-order valence-corrected chi connectivity index (χ0v) is 16.0. The summed E-state index contributed by atoms with van der Waals surface area (Å²) in [7, 11) is -0.957. The van der Waals surface area contributed by atoms with Gasteiger partial charge in [0, 0.05) is 5.56 Å². The van der Waals surface area contributed by atoms with E-state index in [0.29, 0.717) is 16.9 Å². The first-order valence-electron chi connectivity index (χ1n) is 8.22. The number of amidine groups is 1. The van der Waals surface area contributed by atoms with E-state index in [-0.39, 0.29) is 35.4 Å². The van der Waals surface area contributed by atoms with Crippen LogP contribution in [0, 0.1) is 0 Å². The molecule has 2 aromatic carbocycles. The molecule has 0 saturated carbocycles. The summed E-state index contributed by atoms with van der Waals surface area (Å²) in [5.74, 6) is 0.817. The summed E-state index contributed by atoms with van der Waals surface area (Å²) >= 11 is 0. The lowest BCUT2D eigenvalue weighted by atomic mass is 10.2. The first kappa shape index (κ1) is 19.6. The lowest BCUT2D eigenvalue weighted by Crippen LogP contribution is -2.29. The third-order valence-electron chi connectivity index (χ3n) is 4.02. The molecule has 0 bridgehead atoms. The SMILES string of the molecule is COc1ccc2c(c1)C(N(CCO)/N=C/c1ccc(O)c(OC)c1)=NS2(=O)=O. The fourth-order valence-corrected chi connectivity index (χ4v) is 3.84. The highest BCUT2D eigenvalue weighted by molar-refractivity contribution is 7.90. The van der Waals surface area contributed by atoms with Crippen LogP contribution in [-0.4, -0.2) is 63.1 Å². The van der Waals surface area contributed by atoms with E-state index >= 15 is 0 Å². The highest BCUT2D eigenvalue weighted by atomic mass is 32.2. The van der Waals surface area contributed by atoms with Crippen molar-refractivity contribution >= 4 is 22.1 Å². The van der Waals surface area contributed by atoms with Crippen molar-refractivity contribution in [1.29, 1.82) is 0 Å². The molecule has 0 fully saturated rings. The average Bonchev–Trinajstić information content (AvgIpc) is 2.96. The number of phenolic OH excluding ortho intramolecular Hbond substituents is 1. The Kier molecular flexibility index (Phi) is 5.52. The minimum Gasteiger partial charge on any atom is -0.504 e. The third kappa shape index (κ3) is 3.78. The molecule has 1 aliphatic heterocycles. The van der Waals surface area contributed by atoms with Crippen molar-refractivity contribution in [3.63, 3.8) is 0 Å². The van der Waals surface area contributed by atoms with Gasteiger partial charge in [0.05, 0.1) is 33.6 Å². The normalized spacial score (nSPS) is 14.6. The monoisotopic (exact) mass is 405 g/mol. The molecule has 10 heteroatoms. The summed E-state index contributed by atoms with van der Waals surface area (Å²) in [4.78, 5) is 0.0488. The van der Waals surface area contributed by atoms with Crippen LogP contribution >= 0.6 is 0 Å². The van der Waals surface area contributed by atoms with Crippen molar-refractivity contribution in [2.24, 2.45) is 9.50 Å². The second kappa shape index (κ2) is 7.87. The first-order valence-corrected chi connectivity index (χ1v) is 9.66. The Morgan fingerprint density at radius 3 is 2.64 bits per heavy atom. The molecule has 0 amide bonds. The molecular formula is C18H19N3O6S. The Balaban J connectivity index is 2.00. The molecule has 0 saturated heterocycles. The first-order chi connectivity index (χ1) is 13.4. The van der Waals surface area contributed by atoms with Crippen LogP contribution in [0.4, 0.5) is 0 Å². The van der Waals surface area contributed by atoms with Gasteiger partial charge in [-0.15, -0.1) is 4.40 Å². The van der Waals surface area contributed by atoms with Crippen molar-refractivity contribution < 1.29 is 28.1 Å². The van der Waals surface area contributed by atoms with E-state index in [2.05, 4.69) is 9.50 Å². The zero-order chi connectivity index (χ0) is 20.3. The molecule has 0 atom stereocenters. The maximum Gasteiger partial charge on any atom is 0.285 e. The van der Waals surface area contributed by atoms with Gasteiger partial charge >= 0.3 is 0 Å². The predicted molar refractivity (Wildman–Crippen MR) is 103 cm³/mol. The van der Waals surface area contributed by atoms with Gasteiger partial charge in [0.1, 0.15) is 10.6 Å². The number of aromatic hydroxyl groups is 1. The van der Waals surface area contributed by atoms with Crippen LogP contribution < -0.4 is 9.47 Å². The average molecular weight is 405 g/mol. The molecule has 3 rings (SSSR count). The standard InChI is InChI=1S/C18H19N3O6S/c1-26-13-4-6-17-14(10-13)18(20-28(17,24)25)21(7-8-22)19-11-12-3-5-15(23)16(9-12)27-2/h3-6,9-11,22-23H,7-8H2,1-2H3/b19-11+. The molecule has 9 nitrogen and oxygen atoms in total. The van der Waals surface area contributed by atoms with Gasteiger partial charge in [-0.25, -0.2) is 5.01 Å². The number of hydrogen-bond acceptors (Lipinski definition) is 8. The zero-order valence-electron chi connectivity index (χ0n) is 15.2. The second-order valence-electron chi connectivity index (χ2n) is 5.77. The van der Waals surface area contributed by atoms with Crippen LogP contribution in [0.15, 0.2) is 50.8 Å². The Hall–Kier alpha value is -3.11. The van der Waals surface area contributed by atoms with Gasteiger partial charge in [-0.2, -0.15) is 13.5 Å². The fraction of sp³-hybridized carbons (Fsp3) is 0.222. The fourth-order valence-electron chi connectivity index (χ4n) is 2.66. The number of hydrazone groups is 1. The van der Waals surface area contributed by atoms with Crippen LogP contribution in [0.3, 0.4) is 0 Å². The van der Waals surface area contributed by atoms with Gasteiger partial charge in [0.2, 0.25) is 0 Å². The molecule has 148 valence electrons. The van der Waals surface area contributed by atoms with Crippen LogP contribution in [-0.2, 0) is 10.0 Å². The van der Waals surface area contributed by atoms with E-state index in [0.717, 1.165) is 0 Å². The maximum atomic E-state index is 12.4. The van der Waals surface area contributed by atoms with Crippen molar-refractivity contribution in [2.75, 3.05) is 27.4 Å². The van der Waals surface area contributed by atoms with E-state index in [1.807, 2.05) is 0 Å². The van der Waals surface area contributed by atoms with Crippen molar-refractivity contribution in [2.45, 2.75) is 4.90 Å². The number of aliphatic hydroxyl groups excluding tert-OH is 1. The minimum absolute atomic E-state index is 0.0147. The summed E-state index contributed by atoms with van der Waals surface area (Å²) < 4.78 is 38.7. The van der Waals surface area contributed by atoms with Crippen LogP contribution in [0.2, 0.25) is 0 Å². The van der Waals surface area contributed by atoms with Crippen LogP contribution in [0.5, 0.6) is 17.2 Å². The summed E-state index contributed by atoms with van der Waals surface area (Å²) in [6.45, 7) is -0.245. The number of rotatable bonds is 6. The summed E-state index contributed by atoms with van der Waals surface area (Å²) in [5, 5.41) is 24.6. The molecule has 0 aliphatic carbocycles. The molecule has 2 aromatic rings. The molecule has 0 unspecified atom stereocenters. The molecule has 28 heavy (non-hydrogen) atoms. The quantitative estimate of drug-likeness (QED) is 0.547. The predicted octanol–water partition coefficient (Wildman–Crippen LogP) is 1.19. The molecule has 0 spiro atoms. The van der Waals surface area contributed by atoms with Gasteiger partial charge in [-0.1, -0.05) is 0 Å². The molecular weight excluding hydrogens is 386 g/mol. The Labute approximate surface area is 162 Å². The van der Waals surface area contributed by atoms with E-state index in [1.54, 1.807) is 18.2 Å². The summed E-state index contributed by atoms with van der Waals surface area (Å²) in [6.07, 6.45) is 1.45.